The first kappa shape index (κ1) is 10.7. The largest absolute Gasteiger partial charge is 0.490 e. The molecule has 3 rings (SSSR count). The molecule has 3 nitrogen and oxygen atoms in total. The van der Waals surface area contributed by atoms with Crippen LogP contribution >= 0.6 is 11.3 Å². The second kappa shape index (κ2) is 4.13. The average molecular weight is 246 g/mol. The van der Waals surface area contributed by atoms with Gasteiger partial charge in [-0.25, -0.2) is 4.98 Å². The molecule has 2 aromatic rings. The molecule has 0 amide bonds. The van der Waals surface area contributed by atoms with Gasteiger partial charge in [0, 0.05) is 23.9 Å². The summed E-state index contributed by atoms with van der Waals surface area (Å²) in [6, 6.07) is 6.27. The normalized spacial score (nSPS) is 17.9. The van der Waals surface area contributed by atoms with Crippen molar-refractivity contribution < 1.29 is 4.74 Å². The highest BCUT2D eigenvalue weighted by atomic mass is 32.1. The molecule has 1 aliphatic heterocycles. The molecule has 0 spiro atoms. The summed E-state index contributed by atoms with van der Waals surface area (Å²) in [5.74, 6) is 1.01. The highest BCUT2D eigenvalue weighted by Crippen LogP contribution is 2.33. The number of nitrogens with two attached hydrogens (primary N) is 1. The summed E-state index contributed by atoms with van der Waals surface area (Å²) in [5, 5.41) is 3.04. The quantitative estimate of drug-likeness (QED) is 0.886. The molecule has 0 bridgehead atoms. The summed E-state index contributed by atoms with van der Waals surface area (Å²) >= 11 is 1.61. The monoisotopic (exact) mass is 246 g/mol. The molecule has 17 heavy (non-hydrogen) atoms. The second-order valence-electron chi connectivity index (χ2n) is 4.29. The lowest BCUT2D eigenvalue weighted by atomic mass is 10.1. The molecule has 0 radical (unpaired) electrons. The lowest BCUT2D eigenvalue weighted by Gasteiger charge is -2.02. The minimum absolute atomic E-state index is 0.287. The van der Waals surface area contributed by atoms with E-state index in [1.165, 1.54) is 5.56 Å². The van der Waals surface area contributed by atoms with Crippen LogP contribution in [-0.2, 0) is 13.0 Å². The number of ether oxygens (including phenoxy) is 1. The van der Waals surface area contributed by atoms with Gasteiger partial charge in [0.25, 0.3) is 0 Å². The van der Waals surface area contributed by atoms with Crippen LogP contribution < -0.4 is 10.5 Å². The Morgan fingerprint density at radius 2 is 2.41 bits per heavy atom. The van der Waals surface area contributed by atoms with Crippen LogP contribution in [-0.4, -0.2) is 11.1 Å². The van der Waals surface area contributed by atoms with Gasteiger partial charge in [-0.15, -0.1) is 11.3 Å². The van der Waals surface area contributed by atoms with Crippen molar-refractivity contribution in [1.82, 2.24) is 4.98 Å². The Morgan fingerprint density at radius 1 is 1.53 bits per heavy atom. The van der Waals surface area contributed by atoms with Crippen LogP contribution in [0.4, 0.5) is 0 Å². The van der Waals surface area contributed by atoms with Crippen molar-refractivity contribution in [2.75, 3.05) is 0 Å². The van der Waals surface area contributed by atoms with Crippen LogP contribution in [0.15, 0.2) is 23.6 Å². The summed E-state index contributed by atoms with van der Waals surface area (Å²) in [7, 11) is 0. The summed E-state index contributed by atoms with van der Waals surface area (Å²) in [6.07, 6.45) is 1.27. The van der Waals surface area contributed by atoms with Crippen LogP contribution in [0.5, 0.6) is 5.75 Å². The van der Waals surface area contributed by atoms with Gasteiger partial charge in [-0.05, 0) is 30.7 Å². The molecule has 1 aromatic heterocycles. The van der Waals surface area contributed by atoms with E-state index in [1.54, 1.807) is 11.3 Å². The Hall–Kier alpha value is -1.39. The lowest BCUT2D eigenvalue weighted by Crippen LogP contribution is -2.05. The summed E-state index contributed by atoms with van der Waals surface area (Å²) in [6.45, 7) is 2.60. The minimum Gasteiger partial charge on any atom is -0.490 e. The molecule has 0 saturated heterocycles. The number of hydrogen-bond donors (Lipinski definition) is 1. The van der Waals surface area contributed by atoms with Gasteiger partial charge in [0.15, 0.2) is 0 Å². The van der Waals surface area contributed by atoms with Gasteiger partial charge in [-0.3, -0.25) is 0 Å². The third-order valence-electron chi connectivity index (χ3n) is 2.92. The zero-order valence-corrected chi connectivity index (χ0v) is 10.5. The van der Waals surface area contributed by atoms with Crippen LogP contribution in [0.1, 0.15) is 17.5 Å². The molecule has 4 heteroatoms. The smallest absolute Gasteiger partial charge is 0.123 e. The Bertz CT molecular complexity index is 550. The zero-order valence-electron chi connectivity index (χ0n) is 9.64. The molecule has 2 heterocycles. The van der Waals surface area contributed by atoms with Crippen LogP contribution in [0, 0.1) is 0 Å². The van der Waals surface area contributed by atoms with Gasteiger partial charge in [-0.2, -0.15) is 0 Å². The summed E-state index contributed by atoms with van der Waals surface area (Å²) in [5.41, 5.74) is 9.02. The van der Waals surface area contributed by atoms with Crippen molar-refractivity contribution in [3.8, 4) is 17.0 Å². The molecule has 2 N–H and O–H groups in total. The first-order chi connectivity index (χ1) is 8.26. The average Bonchev–Trinajstić information content (AvgIpc) is 2.92. The lowest BCUT2D eigenvalue weighted by molar-refractivity contribution is 0.254. The number of aromatic nitrogens is 1. The van der Waals surface area contributed by atoms with Gasteiger partial charge in [0.05, 0.1) is 5.69 Å². The van der Waals surface area contributed by atoms with Crippen molar-refractivity contribution in [3.05, 3.63) is 34.2 Å². The second-order valence-corrected chi connectivity index (χ2v) is 5.23. The molecule has 1 atom stereocenters. The third-order valence-corrected chi connectivity index (χ3v) is 3.79. The number of fused-ring (bicyclic) bond motifs is 1. The van der Waals surface area contributed by atoms with E-state index in [2.05, 4.69) is 29.4 Å². The molecule has 0 aliphatic carbocycles. The molecule has 88 valence electrons. The Labute approximate surface area is 104 Å². The Morgan fingerprint density at radius 3 is 3.18 bits per heavy atom. The van der Waals surface area contributed by atoms with Crippen molar-refractivity contribution in [2.45, 2.75) is 26.0 Å². The van der Waals surface area contributed by atoms with Gasteiger partial charge in [-0.1, -0.05) is 0 Å². The van der Waals surface area contributed by atoms with Crippen LogP contribution in [0.25, 0.3) is 11.3 Å². The van der Waals surface area contributed by atoms with E-state index in [1.807, 2.05) is 6.07 Å². The summed E-state index contributed by atoms with van der Waals surface area (Å²) < 4.78 is 5.69. The maximum Gasteiger partial charge on any atom is 0.123 e. The molecule has 1 unspecified atom stereocenters. The number of benzene rings is 1. The van der Waals surface area contributed by atoms with E-state index in [-0.39, 0.29) is 6.10 Å². The number of rotatable bonds is 2. The van der Waals surface area contributed by atoms with E-state index < -0.39 is 0 Å². The predicted molar refractivity (Wildman–Crippen MR) is 69.2 cm³/mol. The molecule has 1 aromatic carbocycles. The van der Waals surface area contributed by atoms with E-state index in [0.717, 1.165) is 28.4 Å². The highest BCUT2D eigenvalue weighted by molar-refractivity contribution is 7.09. The van der Waals surface area contributed by atoms with E-state index in [0.29, 0.717) is 6.54 Å². The van der Waals surface area contributed by atoms with Gasteiger partial charge < -0.3 is 10.5 Å². The van der Waals surface area contributed by atoms with Gasteiger partial charge in [0.2, 0.25) is 0 Å². The summed E-state index contributed by atoms with van der Waals surface area (Å²) in [4.78, 5) is 4.50. The van der Waals surface area contributed by atoms with Crippen molar-refractivity contribution in [2.24, 2.45) is 5.73 Å². The number of thiazole rings is 1. The Balaban J connectivity index is 1.97. The van der Waals surface area contributed by atoms with Crippen LogP contribution in [0.3, 0.4) is 0 Å². The maximum absolute atomic E-state index is 5.69. The van der Waals surface area contributed by atoms with Crippen LogP contribution in [0.2, 0.25) is 0 Å². The third kappa shape index (κ3) is 1.94. The van der Waals surface area contributed by atoms with Gasteiger partial charge in [0.1, 0.15) is 16.9 Å². The Kier molecular flexibility index (Phi) is 2.61. The fraction of sp³-hybridized carbons (Fsp3) is 0.308. The molecular weight excluding hydrogens is 232 g/mol. The van der Waals surface area contributed by atoms with Gasteiger partial charge >= 0.3 is 0 Å². The topological polar surface area (TPSA) is 48.1 Å². The molecule has 0 saturated carbocycles. The number of nitrogens with zero attached hydrogens (tertiary/aromatic N) is 1. The fourth-order valence-electron chi connectivity index (χ4n) is 2.12. The van der Waals surface area contributed by atoms with E-state index in [9.17, 15) is 0 Å². The predicted octanol–water partition coefficient (Wildman–Crippen LogP) is 2.59. The number of hydrogen-bond acceptors (Lipinski definition) is 4. The van der Waals surface area contributed by atoms with E-state index in [4.69, 9.17) is 10.5 Å². The maximum atomic E-state index is 5.69. The standard InChI is InChI=1S/C13H14N2OS/c1-8-4-10-5-9(2-3-12(10)16-8)11-7-17-13(6-14)15-11/h2-3,5,7-8H,4,6,14H2,1H3. The molecular formula is C13H14N2OS. The van der Waals surface area contributed by atoms with E-state index >= 15 is 0 Å². The minimum atomic E-state index is 0.287. The first-order valence-corrected chi connectivity index (χ1v) is 6.58. The van der Waals surface area contributed by atoms with Crippen molar-refractivity contribution >= 4 is 11.3 Å². The molecule has 0 fully saturated rings. The van der Waals surface area contributed by atoms with Crippen molar-refractivity contribution in [1.29, 1.82) is 0 Å². The fourth-order valence-corrected chi connectivity index (χ4v) is 2.80. The zero-order chi connectivity index (χ0) is 11.8. The molecule has 1 aliphatic rings. The first-order valence-electron chi connectivity index (χ1n) is 5.70. The SMILES string of the molecule is CC1Cc2cc(-c3csc(CN)n3)ccc2O1. The highest BCUT2D eigenvalue weighted by Gasteiger charge is 2.19. The van der Waals surface area contributed by atoms with Crippen molar-refractivity contribution in [3.63, 3.8) is 0 Å².